The Bertz CT molecular complexity index is 1310. The number of nitro groups is 4. The van der Waals surface area contributed by atoms with Gasteiger partial charge in [0.05, 0.1) is 31.8 Å². The number of halogens is 3. The first-order chi connectivity index (χ1) is 16.8. The summed E-state index contributed by atoms with van der Waals surface area (Å²) in [5.74, 6) is -3.59. The Morgan fingerprint density at radius 1 is 0.583 bits per heavy atom. The van der Waals surface area contributed by atoms with Gasteiger partial charge < -0.3 is 9.47 Å². The highest BCUT2D eigenvalue weighted by Crippen LogP contribution is 2.47. The zero-order valence-corrected chi connectivity index (χ0v) is 17.2. The maximum atomic E-state index is 14.0. The predicted octanol–water partition coefficient (Wildman–Crippen LogP) is 5.92. The van der Waals surface area contributed by atoms with E-state index in [1.807, 2.05) is 0 Å². The molecule has 0 amide bonds. The van der Waals surface area contributed by atoms with Gasteiger partial charge >= 0.3 is 17.6 Å². The highest BCUT2D eigenvalue weighted by atomic mass is 19.4. The number of ether oxygens (including phenoxy) is 2. The Balaban J connectivity index is 2.13. The Hall–Kier alpha value is -5.35. The van der Waals surface area contributed by atoms with Crippen LogP contribution in [0, 0.1) is 40.5 Å². The molecule has 0 N–H and O–H groups in total. The molecule has 0 aliphatic heterocycles. The summed E-state index contributed by atoms with van der Waals surface area (Å²) in [5, 5.41) is 44.3. The second-order valence-corrected chi connectivity index (χ2v) is 6.66. The number of hydrogen-bond donors (Lipinski definition) is 0. The topological polar surface area (TPSA) is 191 Å². The predicted molar refractivity (Wildman–Crippen MR) is 111 cm³/mol. The van der Waals surface area contributed by atoms with Gasteiger partial charge in [-0.05, 0) is 24.3 Å². The van der Waals surface area contributed by atoms with Gasteiger partial charge in [0.2, 0.25) is 11.5 Å². The molecule has 0 aromatic heterocycles. The van der Waals surface area contributed by atoms with Crippen LogP contribution in [0.2, 0.25) is 0 Å². The molecule has 36 heavy (non-hydrogen) atoms. The van der Waals surface area contributed by atoms with Crippen LogP contribution in [-0.2, 0) is 6.18 Å². The molecule has 17 heteroatoms. The van der Waals surface area contributed by atoms with E-state index < -0.39 is 77.2 Å². The van der Waals surface area contributed by atoms with Gasteiger partial charge in [0.15, 0.2) is 0 Å². The summed E-state index contributed by atoms with van der Waals surface area (Å²) in [6, 6.07) is 6.50. The lowest BCUT2D eigenvalue weighted by Gasteiger charge is -2.17. The molecule has 0 spiro atoms. The van der Waals surface area contributed by atoms with Crippen LogP contribution in [0.5, 0.6) is 23.0 Å². The normalized spacial score (nSPS) is 11.0. The maximum Gasteiger partial charge on any atom is 0.423 e. The minimum Gasteiger partial charge on any atom is -0.449 e. The second-order valence-electron chi connectivity index (χ2n) is 6.66. The van der Waals surface area contributed by atoms with Crippen molar-refractivity contribution in [1.82, 2.24) is 0 Å². The Morgan fingerprint density at radius 3 is 1.28 bits per heavy atom. The lowest BCUT2D eigenvalue weighted by molar-refractivity contribution is -0.394. The smallest absolute Gasteiger partial charge is 0.423 e. The third-order valence-electron chi connectivity index (χ3n) is 4.41. The minimum atomic E-state index is -5.23. The van der Waals surface area contributed by atoms with Crippen molar-refractivity contribution in [3.8, 4) is 23.0 Å². The molecule has 0 bridgehead atoms. The molecule has 14 nitrogen and oxygen atoms in total. The fourth-order valence-electron chi connectivity index (χ4n) is 2.89. The van der Waals surface area contributed by atoms with Crippen LogP contribution in [0.3, 0.4) is 0 Å². The lowest BCUT2D eigenvalue weighted by atomic mass is 10.1. The quantitative estimate of drug-likeness (QED) is 0.259. The van der Waals surface area contributed by atoms with Crippen molar-refractivity contribution < 1.29 is 42.3 Å². The molecule has 0 aliphatic rings. The lowest BCUT2D eigenvalue weighted by Crippen LogP contribution is -2.10. The van der Waals surface area contributed by atoms with E-state index in [9.17, 15) is 53.6 Å². The van der Waals surface area contributed by atoms with Crippen molar-refractivity contribution >= 4 is 22.7 Å². The van der Waals surface area contributed by atoms with E-state index >= 15 is 0 Å². The van der Waals surface area contributed by atoms with E-state index in [1.54, 1.807) is 0 Å². The molecule has 3 rings (SSSR count). The van der Waals surface area contributed by atoms with E-state index in [4.69, 9.17) is 9.47 Å². The summed E-state index contributed by atoms with van der Waals surface area (Å²) in [5.41, 5.74) is -5.07. The molecule has 186 valence electrons. The van der Waals surface area contributed by atoms with E-state index in [0.717, 1.165) is 42.5 Å². The largest absolute Gasteiger partial charge is 0.449 e. The Morgan fingerprint density at radius 2 is 0.972 bits per heavy atom. The van der Waals surface area contributed by atoms with Gasteiger partial charge in [-0.1, -0.05) is 6.07 Å². The summed E-state index contributed by atoms with van der Waals surface area (Å²) in [4.78, 5) is 40.2. The Kier molecular flexibility index (Phi) is 6.66. The highest BCUT2D eigenvalue weighted by molar-refractivity contribution is 5.59. The minimum absolute atomic E-state index is 0.489. The first-order valence-electron chi connectivity index (χ1n) is 9.21. The van der Waals surface area contributed by atoms with Crippen LogP contribution in [0.4, 0.5) is 35.9 Å². The molecule has 0 saturated heterocycles. The zero-order chi connectivity index (χ0) is 26.8. The monoisotopic (exact) mass is 510 g/mol. The number of rotatable bonds is 8. The van der Waals surface area contributed by atoms with Crippen LogP contribution in [-0.4, -0.2) is 19.7 Å². The standard InChI is InChI=1S/C19H9F3N4O10/c20-19(21,22)18-16(35-14-6-4-10(23(27)28)8-12(14)25(31)32)2-1-3-17(18)36-15-7-5-11(24(29)30)9-13(15)26(33)34/h1-9H. The molecule has 3 aromatic carbocycles. The highest BCUT2D eigenvalue weighted by Gasteiger charge is 2.40. The molecular weight excluding hydrogens is 501 g/mol. The third kappa shape index (κ3) is 5.24. The van der Waals surface area contributed by atoms with Gasteiger partial charge in [0.25, 0.3) is 11.4 Å². The van der Waals surface area contributed by atoms with Crippen molar-refractivity contribution in [1.29, 1.82) is 0 Å². The number of nitro benzene ring substituents is 4. The summed E-state index contributed by atoms with van der Waals surface area (Å²) in [6.07, 6.45) is -5.23. The van der Waals surface area contributed by atoms with Crippen LogP contribution < -0.4 is 9.47 Å². The maximum absolute atomic E-state index is 14.0. The number of non-ortho nitro benzene ring substituents is 2. The molecular formula is C19H9F3N4O10. The number of alkyl halides is 3. The molecule has 0 unspecified atom stereocenters. The van der Waals surface area contributed by atoms with E-state index in [-0.39, 0.29) is 0 Å². The van der Waals surface area contributed by atoms with Crippen molar-refractivity contribution in [2.75, 3.05) is 0 Å². The van der Waals surface area contributed by atoms with Crippen LogP contribution in [0.25, 0.3) is 0 Å². The van der Waals surface area contributed by atoms with Crippen LogP contribution in [0.15, 0.2) is 54.6 Å². The first-order valence-corrected chi connectivity index (χ1v) is 9.21. The van der Waals surface area contributed by atoms with Gasteiger partial charge in [-0.15, -0.1) is 0 Å². The number of benzene rings is 3. The summed E-state index contributed by atoms with van der Waals surface area (Å²) in [6.45, 7) is 0. The third-order valence-corrected chi connectivity index (χ3v) is 4.41. The van der Waals surface area contributed by atoms with Gasteiger partial charge in [-0.2, -0.15) is 13.2 Å². The molecule has 0 fully saturated rings. The van der Waals surface area contributed by atoms with Gasteiger partial charge in [0.1, 0.15) is 17.1 Å². The molecule has 0 heterocycles. The van der Waals surface area contributed by atoms with Gasteiger partial charge in [-0.25, -0.2) is 0 Å². The van der Waals surface area contributed by atoms with Crippen molar-refractivity contribution in [3.05, 3.63) is 101 Å². The SMILES string of the molecule is O=[N+]([O-])c1ccc(Oc2cccc(Oc3ccc([N+](=O)[O-])cc3[N+](=O)[O-])c2C(F)(F)F)c([N+](=O)[O-])c1. The van der Waals surface area contributed by atoms with E-state index in [2.05, 4.69) is 0 Å². The summed E-state index contributed by atoms with van der Waals surface area (Å²) < 4.78 is 52.1. The van der Waals surface area contributed by atoms with E-state index in [0.29, 0.717) is 12.1 Å². The molecule has 0 aliphatic carbocycles. The zero-order valence-electron chi connectivity index (χ0n) is 17.2. The summed E-state index contributed by atoms with van der Waals surface area (Å²) in [7, 11) is 0. The fraction of sp³-hybridized carbons (Fsp3) is 0.0526. The van der Waals surface area contributed by atoms with Crippen molar-refractivity contribution in [3.63, 3.8) is 0 Å². The van der Waals surface area contributed by atoms with Crippen LogP contribution >= 0.6 is 0 Å². The number of hydrogen-bond acceptors (Lipinski definition) is 10. The average Bonchev–Trinajstić information content (AvgIpc) is 2.78. The van der Waals surface area contributed by atoms with Gasteiger partial charge in [0, 0.05) is 12.1 Å². The molecule has 0 radical (unpaired) electrons. The Labute approximate surface area is 195 Å². The molecule has 0 atom stereocenters. The number of nitrogens with zero attached hydrogens (tertiary/aromatic N) is 4. The fourth-order valence-corrected chi connectivity index (χ4v) is 2.89. The molecule has 3 aromatic rings. The van der Waals surface area contributed by atoms with Crippen molar-refractivity contribution in [2.45, 2.75) is 6.18 Å². The molecule has 0 saturated carbocycles. The van der Waals surface area contributed by atoms with Crippen molar-refractivity contribution in [2.24, 2.45) is 0 Å². The second kappa shape index (κ2) is 9.49. The average molecular weight is 510 g/mol. The van der Waals surface area contributed by atoms with E-state index in [1.165, 1.54) is 0 Å². The summed E-state index contributed by atoms with van der Waals surface area (Å²) >= 11 is 0. The van der Waals surface area contributed by atoms with Gasteiger partial charge in [-0.3, -0.25) is 40.5 Å². The first kappa shape index (κ1) is 25.3. The van der Waals surface area contributed by atoms with Crippen LogP contribution in [0.1, 0.15) is 5.56 Å².